The van der Waals surface area contributed by atoms with E-state index in [0.717, 1.165) is 11.8 Å². The van der Waals surface area contributed by atoms with Crippen LogP contribution < -0.4 is 4.72 Å². The summed E-state index contributed by atoms with van der Waals surface area (Å²) in [6.45, 7) is 0. The summed E-state index contributed by atoms with van der Waals surface area (Å²) in [5, 5.41) is 0.00410. The molecule has 23 heavy (non-hydrogen) atoms. The van der Waals surface area contributed by atoms with Crippen molar-refractivity contribution in [2.75, 3.05) is 18.8 Å². The molecule has 0 aliphatic rings. The number of benzene rings is 2. The Hall–Kier alpha value is -1.70. The quantitative estimate of drug-likeness (QED) is 0.828. The van der Waals surface area contributed by atoms with Crippen LogP contribution in [0.3, 0.4) is 0 Å². The molecule has 0 atom stereocenters. The lowest BCUT2D eigenvalue weighted by atomic mass is 10.3. The van der Waals surface area contributed by atoms with Gasteiger partial charge in [0.2, 0.25) is 0 Å². The molecule has 0 aliphatic heterocycles. The van der Waals surface area contributed by atoms with Gasteiger partial charge in [0.15, 0.2) is 0 Å². The van der Waals surface area contributed by atoms with Gasteiger partial charge < -0.3 is 4.90 Å². The number of rotatable bonds is 4. The van der Waals surface area contributed by atoms with Gasteiger partial charge in [0, 0.05) is 24.7 Å². The topological polar surface area (TPSA) is 66.5 Å². The first kappa shape index (κ1) is 17.7. The first-order valence-corrected chi connectivity index (χ1v) is 9.24. The van der Waals surface area contributed by atoms with Crippen molar-refractivity contribution in [3.63, 3.8) is 0 Å². The van der Waals surface area contributed by atoms with Crippen LogP contribution in [-0.4, -0.2) is 32.7 Å². The highest BCUT2D eigenvalue weighted by atomic mass is 35.5. The van der Waals surface area contributed by atoms with E-state index < -0.39 is 10.0 Å². The Labute approximate surface area is 144 Å². The Kier molecular flexibility index (Phi) is 5.56. The molecule has 0 saturated heterocycles. The highest BCUT2D eigenvalue weighted by Gasteiger charge is 2.17. The van der Waals surface area contributed by atoms with E-state index in [1.165, 1.54) is 17.0 Å². The first-order valence-electron chi connectivity index (χ1n) is 6.56. The zero-order valence-electron chi connectivity index (χ0n) is 12.5. The minimum absolute atomic E-state index is 0.00379. The molecular formula is C15H15ClN2O3S2. The van der Waals surface area contributed by atoms with E-state index >= 15 is 0 Å². The molecule has 1 N–H and O–H groups in total. The second-order valence-corrected chi connectivity index (χ2v) is 7.91. The maximum absolute atomic E-state index is 12.4. The van der Waals surface area contributed by atoms with Crippen molar-refractivity contribution in [2.24, 2.45) is 0 Å². The molecule has 0 radical (unpaired) electrons. The van der Waals surface area contributed by atoms with Crippen molar-refractivity contribution in [1.82, 2.24) is 4.90 Å². The summed E-state index contributed by atoms with van der Waals surface area (Å²) in [4.78, 5) is 13.8. The van der Waals surface area contributed by atoms with Crippen LogP contribution in [0.1, 0.15) is 0 Å². The molecule has 0 saturated carbocycles. The SMILES string of the molecule is CN(C)C(=O)Sc1cccc(NS(=O)(=O)c2ccccc2Cl)c1. The summed E-state index contributed by atoms with van der Waals surface area (Å²) < 4.78 is 27.2. The molecule has 1 amide bonds. The van der Waals surface area contributed by atoms with Crippen molar-refractivity contribution in [3.05, 3.63) is 53.6 Å². The van der Waals surface area contributed by atoms with Gasteiger partial charge in [-0.05, 0) is 42.1 Å². The number of hydrogen-bond acceptors (Lipinski definition) is 4. The van der Waals surface area contributed by atoms with E-state index in [2.05, 4.69) is 4.72 Å². The fourth-order valence-corrected chi connectivity index (χ4v) is 3.97. The van der Waals surface area contributed by atoms with Crippen LogP contribution in [-0.2, 0) is 10.0 Å². The average molecular weight is 371 g/mol. The average Bonchev–Trinajstić information content (AvgIpc) is 2.47. The molecule has 0 unspecified atom stereocenters. The van der Waals surface area contributed by atoms with Crippen LogP contribution in [0.15, 0.2) is 58.3 Å². The van der Waals surface area contributed by atoms with Gasteiger partial charge in [-0.25, -0.2) is 8.42 Å². The van der Waals surface area contributed by atoms with E-state index in [4.69, 9.17) is 11.6 Å². The van der Waals surface area contributed by atoms with E-state index in [0.29, 0.717) is 10.6 Å². The Morgan fingerprint density at radius 3 is 2.48 bits per heavy atom. The number of halogens is 1. The highest BCUT2D eigenvalue weighted by Crippen LogP contribution is 2.27. The summed E-state index contributed by atoms with van der Waals surface area (Å²) in [6.07, 6.45) is 0. The highest BCUT2D eigenvalue weighted by molar-refractivity contribution is 8.13. The fourth-order valence-electron chi connectivity index (χ4n) is 1.69. The molecule has 0 aliphatic carbocycles. The van der Waals surface area contributed by atoms with Gasteiger partial charge in [-0.2, -0.15) is 0 Å². The smallest absolute Gasteiger partial charge is 0.285 e. The number of amides is 1. The predicted octanol–water partition coefficient (Wildman–Crippen LogP) is 3.91. The van der Waals surface area contributed by atoms with E-state index in [-0.39, 0.29) is 15.2 Å². The monoisotopic (exact) mass is 370 g/mol. The second-order valence-electron chi connectivity index (χ2n) is 4.83. The summed E-state index contributed by atoms with van der Waals surface area (Å²) in [5.41, 5.74) is 0.362. The number of hydrogen-bond donors (Lipinski definition) is 1. The summed E-state index contributed by atoms with van der Waals surface area (Å²) in [7, 11) is -0.488. The number of thioether (sulfide) groups is 1. The van der Waals surface area contributed by atoms with Gasteiger partial charge in [-0.15, -0.1) is 0 Å². The molecule has 0 spiro atoms. The van der Waals surface area contributed by atoms with Gasteiger partial charge in [-0.1, -0.05) is 29.8 Å². The Morgan fingerprint density at radius 1 is 1.13 bits per heavy atom. The molecular weight excluding hydrogens is 356 g/mol. The molecule has 5 nitrogen and oxygen atoms in total. The number of carbonyl (C=O) groups excluding carboxylic acids is 1. The number of carbonyl (C=O) groups is 1. The van der Waals surface area contributed by atoms with E-state index in [1.54, 1.807) is 50.5 Å². The molecule has 2 aromatic carbocycles. The maximum atomic E-state index is 12.4. The number of sulfonamides is 1. The molecule has 0 fully saturated rings. The third-order valence-corrected chi connectivity index (χ3v) is 5.69. The van der Waals surface area contributed by atoms with Gasteiger partial charge in [0.05, 0.1) is 5.02 Å². The lowest BCUT2D eigenvalue weighted by Gasteiger charge is -2.12. The number of nitrogens with one attached hydrogen (secondary N) is 1. The standard InChI is InChI=1S/C15H15ClN2O3S2/c1-18(2)15(19)22-12-7-5-6-11(10-12)17-23(20,21)14-9-4-3-8-13(14)16/h3-10,17H,1-2H3. The Bertz CT molecular complexity index is 823. The van der Waals surface area contributed by atoms with Crippen LogP contribution in [0.25, 0.3) is 0 Å². The molecule has 2 rings (SSSR count). The minimum Gasteiger partial charge on any atom is -0.339 e. The van der Waals surface area contributed by atoms with Crippen molar-refractivity contribution in [1.29, 1.82) is 0 Å². The Morgan fingerprint density at radius 2 is 1.83 bits per heavy atom. The predicted molar refractivity (Wildman–Crippen MR) is 93.6 cm³/mol. The van der Waals surface area contributed by atoms with E-state index in [9.17, 15) is 13.2 Å². The van der Waals surface area contributed by atoms with Gasteiger partial charge in [-0.3, -0.25) is 9.52 Å². The van der Waals surface area contributed by atoms with Crippen molar-refractivity contribution in [3.8, 4) is 0 Å². The zero-order valence-corrected chi connectivity index (χ0v) is 14.9. The third-order valence-electron chi connectivity index (χ3n) is 2.78. The number of anilines is 1. The molecule has 0 heterocycles. The maximum Gasteiger partial charge on any atom is 0.285 e. The number of nitrogens with zero attached hydrogens (tertiary/aromatic N) is 1. The second kappa shape index (κ2) is 7.25. The van der Waals surface area contributed by atoms with Crippen molar-refractivity contribution < 1.29 is 13.2 Å². The first-order chi connectivity index (χ1) is 10.8. The lowest BCUT2D eigenvalue weighted by Crippen LogP contribution is -2.16. The van der Waals surface area contributed by atoms with Crippen molar-refractivity contribution in [2.45, 2.75) is 9.79 Å². The van der Waals surface area contributed by atoms with Gasteiger partial charge in [0.25, 0.3) is 15.3 Å². The van der Waals surface area contributed by atoms with Crippen LogP contribution in [0.5, 0.6) is 0 Å². The molecule has 0 aromatic heterocycles. The van der Waals surface area contributed by atoms with Crippen LogP contribution >= 0.6 is 23.4 Å². The van der Waals surface area contributed by atoms with E-state index in [1.807, 2.05) is 0 Å². The molecule has 0 bridgehead atoms. The van der Waals surface area contributed by atoms with Crippen LogP contribution in [0.4, 0.5) is 10.5 Å². The van der Waals surface area contributed by atoms with Gasteiger partial charge in [0.1, 0.15) is 4.90 Å². The Balaban J connectivity index is 2.24. The zero-order chi connectivity index (χ0) is 17.0. The summed E-state index contributed by atoms with van der Waals surface area (Å²) in [6, 6.07) is 12.8. The van der Waals surface area contributed by atoms with Gasteiger partial charge >= 0.3 is 0 Å². The van der Waals surface area contributed by atoms with Crippen LogP contribution in [0.2, 0.25) is 5.02 Å². The summed E-state index contributed by atoms with van der Waals surface area (Å²) in [5.74, 6) is 0. The molecule has 8 heteroatoms. The third kappa shape index (κ3) is 4.63. The van der Waals surface area contributed by atoms with Crippen molar-refractivity contribution >= 4 is 44.3 Å². The summed E-state index contributed by atoms with van der Waals surface area (Å²) >= 11 is 6.95. The molecule has 2 aromatic rings. The largest absolute Gasteiger partial charge is 0.339 e. The fraction of sp³-hybridized carbons (Fsp3) is 0.133. The molecule has 122 valence electrons. The van der Waals surface area contributed by atoms with Crippen LogP contribution in [0, 0.1) is 0 Å². The minimum atomic E-state index is -3.79. The lowest BCUT2D eigenvalue weighted by molar-refractivity contribution is 0.241. The normalized spacial score (nSPS) is 11.1.